The summed E-state index contributed by atoms with van der Waals surface area (Å²) in [6, 6.07) is 2.17. The predicted octanol–water partition coefficient (Wildman–Crippen LogP) is 3.82. The van der Waals surface area contributed by atoms with E-state index in [9.17, 15) is 0 Å². The zero-order valence-electron chi connectivity index (χ0n) is 16.0. The SMILES string of the molecule is CCCc1cc(N2CCC[C@@H](c3nccn3Cc3cscn3)C2)nc(C)n1. The van der Waals surface area contributed by atoms with Crippen molar-refractivity contribution in [1.29, 1.82) is 0 Å². The molecule has 1 aliphatic rings. The van der Waals surface area contributed by atoms with Crippen molar-refractivity contribution in [2.45, 2.75) is 52.0 Å². The second kappa shape index (κ2) is 8.17. The van der Waals surface area contributed by atoms with E-state index in [-0.39, 0.29) is 0 Å². The summed E-state index contributed by atoms with van der Waals surface area (Å²) in [5.41, 5.74) is 4.13. The number of nitrogens with zero attached hydrogens (tertiary/aromatic N) is 6. The molecule has 0 aliphatic carbocycles. The molecule has 1 atom stereocenters. The third-order valence-electron chi connectivity index (χ3n) is 5.06. The van der Waals surface area contributed by atoms with Gasteiger partial charge in [0.2, 0.25) is 0 Å². The quantitative estimate of drug-likeness (QED) is 0.648. The number of piperidine rings is 1. The normalized spacial score (nSPS) is 17.4. The van der Waals surface area contributed by atoms with Crippen LogP contribution in [0.15, 0.2) is 29.4 Å². The minimum atomic E-state index is 0.414. The fourth-order valence-corrected chi connectivity index (χ4v) is 4.41. The first kappa shape index (κ1) is 18.1. The molecule has 0 unspecified atom stereocenters. The molecular formula is C20H26N6S. The first-order chi connectivity index (χ1) is 13.2. The van der Waals surface area contributed by atoms with E-state index in [4.69, 9.17) is 9.97 Å². The number of hydrogen-bond acceptors (Lipinski definition) is 6. The monoisotopic (exact) mass is 382 g/mol. The summed E-state index contributed by atoms with van der Waals surface area (Å²) in [6.07, 6.45) is 8.41. The minimum Gasteiger partial charge on any atom is -0.356 e. The molecule has 0 radical (unpaired) electrons. The van der Waals surface area contributed by atoms with E-state index in [0.717, 1.165) is 74.2 Å². The molecule has 1 saturated heterocycles. The van der Waals surface area contributed by atoms with Gasteiger partial charge >= 0.3 is 0 Å². The number of rotatable bonds is 6. The highest BCUT2D eigenvalue weighted by atomic mass is 32.1. The lowest BCUT2D eigenvalue weighted by atomic mass is 9.97. The van der Waals surface area contributed by atoms with Crippen LogP contribution in [0, 0.1) is 6.92 Å². The number of aryl methyl sites for hydroxylation is 2. The predicted molar refractivity (Wildman–Crippen MR) is 108 cm³/mol. The van der Waals surface area contributed by atoms with Crippen LogP contribution in [-0.2, 0) is 13.0 Å². The van der Waals surface area contributed by atoms with Gasteiger partial charge < -0.3 is 9.47 Å². The zero-order valence-corrected chi connectivity index (χ0v) is 16.8. The molecule has 0 amide bonds. The van der Waals surface area contributed by atoms with Gasteiger partial charge in [0.25, 0.3) is 0 Å². The van der Waals surface area contributed by atoms with Crippen LogP contribution in [0.25, 0.3) is 0 Å². The Labute approximate surface area is 164 Å². The van der Waals surface area contributed by atoms with Gasteiger partial charge in [-0.1, -0.05) is 13.3 Å². The maximum Gasteiger partial charge on any atom is 0.132 e. The third kappa shape index (κ3) is 4.18. The van der Waals surface area contributed by atoms with Crippen molar-refractivity contribution in [1.82, 2.24) is 24.5 Å². The fraction of sp³-hybridized carbons (Fsp3) is 0.500. The van der Waals surface area contributed by atoms with E-state index in [1.807, 2.05) is 18.6 Å². The highest BCUT2D eigenvalue weighted by Gasteiger charge is 2.26. The molecule has 3 aromatic heterocycles. The molecule has 1 aliphatic heterocycles. The standard InChI is InChI=1S/C20H26N6S/c1-3-5-17-10-19(24-15(2)23-17)25-8-4-6-16(11-25)20-21-7-9-26(20)12-18-13-27-14-22-18/h7,9-10,13-14,16H,3-6,8,11-12H2,1-2H3/t16-/m1/s1. The van der Waals surface area contributed by atoms with Gasteiger partial charge in [-0.25, -0.2) is 19.9 Å². The second-order valence-corrected chi connectivity index (χ2v) is 7.91. The number of imidazole rings is 1. The Kier molecular flexibility index (Phi) is 5.48. The summed E-state index contributed by atoms with van der Waals surface area (Å²) in [7, 11) is 0. The van der Waals surface area contributed by atoms with Crippen LogP contribution in [0.4, 0.5) is 5.82 Å². The summed E-state index contributed by atoms with van der Waals surface area (Å²) in [5.74, 6) is 3.50. The number of aromatic nitrogens is 5. The average Bonchev–Trinajstić information content (AvgIpc) is 3.34. The molecule has 0 N–H and O–H groups in total. The summed E-state index contributed by atoms with van der Waals surface area (Å²) >= 11 is 1.64. The van der Waals surface area contributed by atoms with Gasteiger partial charge in [0.1, 0.15) is 17.5 Å². The van der Waals surface area contributed by atoms with Crippen molar-refractivity contribution >= 4 is 17.2 Å². The molecule has 6 nitrogen and oxygen atoms in total. The Hall–Kier alpha value is -2.28. The number of thiazole rings is 1. The Morgan fingerprint density at radius 2 is 2.15 bits per heavy atom. The maximum absolute atomic E-state index is 4.72. The van der Waals surface area contributed by atoms with Crippen molar-refractivity contribution in [3.63, 3.8) is 0 Å². The lowest BCUT2D eigenvalue weighted by Crippen LogP contribution is -2.36. The minimum absolute atomic E-state index is 0.414. The molecule has 4 rings (SSSR count). The zero-order chi connectivity index (χ0) is 18.6. The molecule has 4 heterocycles. The van der Waals surface area contributed by atoms with Crippen LogP contribution >= 0.6 is 11.3 Å². The van der Waals surface area contributed by atoms with Crippen molar-refractivity contribution in [3.8, 4) is 0 Å². The van der Waals surface area contributed by atoms with E-state index in [2.05, 4.69) is 44.0 Å². The van der Waals surface area contributed by atoms with Crippen molar-refractivity contribution in [3.05, 3.63) is 52.4 Å². The molecule has 142 valence electrons. The van der Waals surface area contributed by atoms with Crippen LogP contribution in [0.1, 0.15) is 55.1 Å². The number of anilines is 1. The maximum atomic E-state index is 4.72. The Bertz CT molecular complexity index is 872. The van der Waals surface area contributed by atoms with Crippen LogP contribution in [0.3, 0.4) is 0 Å². The van der Waals surface area contributed by atoms with E-state index in [0.29, 0.717) is 5.92 Å². The lowest BCUT2D eigenvalue weighted by molar-refractivity contribution is 0.473. The average molecular weight is 383 g/mol. The van der Waals surface area contributed by atoms with Crippen molar-refractivity contribution in [2.24, 2.45) is 0 Å². The molecule has 0 spiro atoms. The third-order valence-corrected chi connectivity index (χ3v) is 5.69. The van der Waals surface area contributed by atoms with Crippen LogP contribution < -0.4 is 4.90 Å². The first-order valence-electron chi connectivity index (χ1n) is 9.70. The highest BCUT2D eigenvalue weighted by molar-refractivity contribution is 7.07. The molecule has 1 fully saturated rings. The second-order valence-electron chi connectivity index (χ2n) is 7.19. The molecule has 27 heavy (non-hydrogen) atoms. The van der Waals surface area contributed by atoms with Gasteiger partial charge in [-0.3, -0.25) is 0 Å². The molecule has 0 saturated carbocycles. The van der Waals surface area contributed by atoms with Crippen LogP contribution in [0.5, 0.6) is 0 Å². The summed E-state index contributed by atoms with van der Waals surface area (Å²) in [5, 5.41) is 2.11. The molecule has 7 heteroatoms. The smallest absolute Gasteiger partial charge is 0.132 e. The van der Waals surface area contributed by atoms with Crippen LogP contribution in [0.2, 0.25) is 0 Å². The molecular weight excluding hydrogens is 356 g/mol. The van der Waals surface area contributed by atoms with E-state index in [1.165, 1.54) is 0 Å². The summed E-state index contributed by atoms with van der Waals surface area (Å²) < 4.78 is 2.25. The van der Waals surface area contributed by atoms with Crippen molar-refractivity contribution in [2.75, 3.05) is 18.0 Å². The largest absolute Gasteiger partial charge is 0.356 e. The van der Waals surface area contributed by atoms with Gasteiger partial charge in [0, 0.05) is 48.5 Å². The van der Waals surface area contributed by atoms with E-state index < -0.39 is 0 Å². The van der Waals surface area contributed by atoms with Gasteiger partial charge in [-0.15, -0.1) is 11.3 Å². The first-order valence-corrected chi connectivity index (χ1v) is 10.6. The topological polar surface area (TPSA) is 59.7 Å². The van der Waals surface area contributed by atoms with Gasteiger partial charge in [0.15, 0.2) is 0 Å². The van der Waals surface area contributed by atoms with Gasteiger partial charge in [0.05, 0.1) is 17.7 Å². The van der Waals surface area contributed by atoms with E-state index >= 15 is 0 Å². The molecule has 0 bridgehead atoms. The molecule has 0 aromatic carbocycles. The molecule has 3 aromatic rings. The van der Waals surface area contributed by atoms with E-state index in [1.54, 1.807) is 11.3 Å². The summed E-state index contributed by atoms with van der Waals surface area (Å²) in [4.78, 5) is 20.8. The fourth-order valence-electron chi connectivity index (χ4n) is 3.86. The Morgan fingerprint density at radius 3 is 2.96 bits per heavy atom. The highest BCUT2D eigenvalue weighted by Crippen LogP contribution is 2.29. The Balaban J connectivity index is 1.53. The lowest BCUT2D eigenvalue weighted by Gasteiger charge is -2.33. The summed E-state index contributed by atoms with van der Waals surface area (Å²) in [6.45, 7) is 6.98. The number of hydrogen-bond donors (Lipinski definition) is 0. The van der Waals surface area contributed by atoms with Crippen LogP contribution in [-0.4, -0.2) is 37.6 Å². The Morgan fingerprint density at radius 1 is 1.22 bits per heavy atom. The van der Waals surface area contributed by atoms with Gasteiger partial charge in [-0.2, -0.15) is 0 Å². The van der Waals surface area contributed by atoms with Crippen molar-refractivity contribution < 1.29 is 0 Å². The van der Waals surface area contributed by atoms with Gasteiger partial charge in [-0.05, 0) is 26.2 Å².